The molecule has 4 rings (SSSR count). The van der Waals surface area contributed by atoms with Gasteiger partial charge in [-0.05, 0) is 19.1 Å². The van der Waals surface area contributed by atoms with Crippen LogP contribution in [0.3, 0.4) is 0 Å². The molecule has 114 valence electrons. The molecule has 7 nitrogen and oxygen atoms in total. The van der Waals surface area contributed by atoms with Crippen molar-refractivity contribution in [1.29, 1.82) is 0 Å². The Balaban J connectivity index is 1.91. The van der Waals surface area contributed by atoms with Gasteiger partial charge < -0.3 is 15.6 Å². The van der Waals surface area contributed by atoms with Crippen LogP contribution in [0.15, 0.2) is 36.5 Å². The molecule has 0 amide bonds. The number of para-hydroxylation sites is 1. The van der Waals surface area contributed by atoms with Crippen LogP contribution in [-0.2, 0) is 7.05 Å². The average molecular weight is 305 g/mol. The van der Waals surface area contributed by atoms with Crippen LogP contribution in [0.2, 0.25) is 0 Å². The maximum atomic E-state index is 5.85. The number of nitrogen functional groups attached to an aromatic ring is 1. The average Bonchev–Trinajstić information content (AvgIpc) is 2.83. The number of hydrogen-bond acceptors (Lipinski definition) is 6. The van der Waals surface area contributed by atoms with Crippen molar-refractivity contribution in [2.45, 2.75) is 6.92 Å². The molecule has 0 radical (unpaired) electrons. The molecule has 0 bridgehead atoms. The minimum Gasteiger partial charge on any atom is -0.368 e. The Morgan fingerprint density at radius 3 is 2.74 bits per heavy atom. The van der Waals surface area contributed by atoms with Gasteiger partial charge in [-0.1, -0.05) is 18.2 Å². The highest BCUT2D eigenvalue weighted by Crippen LogP contribution is 2.28. The summed E-state index contributed by atoms with van der Waals surface area (Å²) >= 11 is 0. The minimum absolute atomic E-state index is 0.205. The number of imidazole rings is 1. The third-order valence-electron chi connectivity index (χ3n) is 3.85. The van der Waals surface area contributed by atoms with Gasteiger partial charge in [-0.25, -0.2) is 4.98 Å². The van der Waals surface area contributed by atoms with Gasteiger partial charge in [0.25, 0.3) is 0 Å². The summed E-state index contributed by atoms with van der Waals surface area (Å²) < 4.78 is 1.89. The van der Waals surface area contributed by atoms with Crippen LogP contribution in [0.5, 0.6) is 0 Å². The van der Waals surface area contributed by atoms with Gasteiger partial charge in [-0.2, -0.15) is 9.97 Å². The summed E-state index contributed by atoms with van der Waals surface area (Å²) in [5.41, 5.74) is 8.96. The van der Waals surface area contributed by atoms with Crippen LogP contribution in [0.1, 0.15) is 5.82 Å². The molecule has 3 heterocycles. The number of aryl methyl sites for hydroxylation is 2. The first kappa shape index (κ1) is 13.4. The number of benzene rings is 1. The third kappa shape index (κ3) is 2.13. The predicted molar refractivity (Wildman–Crippen MR) is 90.5 cm³/mol. The Labute approximate surface area is 132 Å². The van der Waals surface area contributed by atoms with Crippen LogP contribution in [0.4, 0.5) is 17.5 Å². The highest BCUT2D eigenvalue weighted by molar-refractivity contribution is 5.95. The molecule has 4 aromatic rings. The molecule has 0 unspecified atom stereocenters. The largest absolute Gasteiger partial charge is 0.368 e. The van der Waals surface area contributed by atoms with Crippen molar-refractivity contribution in [2.75, 3.05) is 11.1 Å². The zero-order valence-electron chi connectivity index (χ0n) is 12.8. The highest BCUT2D eigenvalue weighted by Gasteiger charge is 2.14. The first-order chi connectivity index (χ1) is 11.1. The molecule has 23 heavy (non-hydrogen) atoms. The molecular weight excluding hydrogens is 290 g/mol. The lowest BCUT2D eigenvalue weighted by Crippen LogP contribution is -2.03. The zero-order chi connectivity index (χ0) is 16.0. The molecule has 0 saturated carbocycles. The molecule has 0 aliphatic heterocycles. The van der Waals surface area contributed by atoms with Crippen molar-refractivity contribution in [3.05, 3.63) is 42.4 Å². The van der Waals surface area contributed by atoms with Crippen molar-refractivity contribution in [1.82, 2.24) is 24.5 Å². The van der Waals surface area contributed by atoms with E-state index in [0.29, 0.717) is 17.0 Å². The minimum atomic E-state index is 0.205. The molecule has 0 atom stereocenters. The first-order valence-corrected chi connectivity index (χ1v) is 7.21. The Bertz CT molecular complexity index is 1030. The van der Waals surface area contributed by atoms with Gasteiger partial charge >= 0.3 is 0 Å². The fourth-order valence-electron chi connectivity index (χ4n) is 2.61. The molecule has 3 aromatic heterocycles. The van der Waals surface area contributed by atoms with Crippen molar-refractivity contribution in [3.8, 4) is 0 Å². The van der Waals surface area contributed by atoms with Gasteiger partial charge in [0, 0.05) is 18.6 Å². The van der Waals surface area contributed by atoms with E-state index < -0.39 is 0 Å². The quantitative estimate of drug-likeness (QED) is 0.591. The number of nitrogens with two attached hydrogens (primary N) is 1. The number of aromatic nitrogens is 5. The Hall–Kier alpha value is -3.22. The Kier molecular flexibility index (Phi) is 2.87. The number of nitrogens with one attached hydrogen (secondary N) is 1. The topological polar surface area (TPSA) is 94.5 Å². The van der Waals surface area contributed by atoms with E-state index in [-0.39, 0.29) is 5.95 Å². The van der Waals surface area contributed by atoms with Crippen molar-refractivity contribution >= 4 is 39.5 Å². The second-order valence-corrected chi connectivity index (χ2v) is 5.33. The molecule has 3 N–H and O–H groups in total. The normalized spacial score (nSPS) is 11.2. The molecule has 7 heteroatoms. The summed E-state index contributed by atoms with van der Waals surface area (Å²) in [6, 6.07) is 9.87. The molecule has 0 spiro atoms. The lowest BCUT2D eigenvalue weighted by Gasteiger charge is -2.09. The van der Waals surface area contributed by atoms with Gasteiger partial charge in [0.2, 0.25) is 5.95 Å². The predicted octanol–water partition coefficient (Wildman–Crippen LogP) is 2.55. The lowest BCUT2D eigenvalue weighted by atomic mass is 10.2. The zero-order valence-corrected chi connectivity index (χ0v) is 12.8. The molecule has 0 saturated heterocycles. The Morgan fingerprint density at radius 2 is 1.87 bits per heavy atom. The maximum Gasteiger partial charge on any atom is 0.224 e. The number of hydrogen-bond donors (Lipinski definition) is 2. The van der Waals surface area contributed by atoms with Gasteiger partial charge in [0.15, 0.2) is 17.0 Å². The van der Waals surface area contributed by atoms with Crippen molar-refractivity contribution < 1.29 is 0 Å². The summed E-state index contributed by atoms with van der Waals surface area (Å²) in [4.78, 5) is 17.6. The number of fused-ring (bicyclic) bond motifs is 2. The van der Waals surface area contributed by atoms with Crippen molar-refractivity contribution in [2.24, 2.45) is 7.05 Å². The molecule has 0 aliphatic rings. The summed E-state index contributed by atoms with van der Waals surface area (Å²) in [6.07, 6.45) is 1.77. The summed E-state index contributed by atoms with van der Waals surface area (Å²) in [6.45, 7) is 1.92. The van der Waals surface area contributed by atoms with E-state index in [4.69, 9.17) is 5.73 Å². The van der Waals surface area contributed by atoms with Crippen LogP contribution in [0.25, 0.3) is 22.1 Å². The van der Waals surface area contributed by atoms with E-state index in [1.807, 2.05) is 48.9 Å². The van der Waals surface area contributed by atoms with E-state index in [1.165, 1.54) is 0 Å². The monoisotopic (exact) mass is 305 g/mol. The summed E-state index contributed by atoms with van der Waals surface area (Å²) in [5, 5.41) is 4.35. The van der Waals surface area contributed by atoms with Crippen LogP contribution in [0, 0.1) is 6.92 Å². The lowest BCUT2D eigenvalue weighted by molar-refractivity contribution is 0.874. The maximum absolute atomic E-state index is 5.85. The Morgan fingerprint density at radius 1 is 1.04 bits per heavy atom. The number of anilines is 3. The summed E-state index contributed by atoms with van der Waals surface area (Å²) in [5.74, 6) is 1.63. The molecule has 0 aliphatic carbocycles. The van der Waals surface area contributed by atoms with Gasteiger partial charge in [0.1, 0.15) is 5.82 Å². The summed E-state index contributed by atoms with van der Waals surface area (Å²) in [7, 11) is 1.90. The van der Waals surface area contributed by atoms with E-state index >= 15 is 0 Å². The molecule has 1 aromatic carbocycles. The smallest absolute Gasteiger partial charge is 0.224 e. The van der Waals surface area contributed by atoms with Gasteiger partial charge in [-0.3, -0.25) is 4.98 Å². The van der Waals surface area contributed by atoms with E-state index in [2.05, 4.69) is 25.3 Å². The second-order valence-electron chi connectivity index (χ2n) is 5.33. The number of pyridine rings is 1. The number of nitrogens with zero attached hydrogens (tertiary/aromatic N) is 5. The third-order valence-corrected chi connectivity index (χ3v) is 3.85. The first-order valence-electron chi connectivity index (χ1n) is 7.21. The molecular formula is C16H15N7. The fourth-order valence-corrected chi connectivity index (χ4v) is 2.61. The number of rotatable bonds is 2. The van der Waals surface area contributed by atoms with E-state index in [0.717, 1.165) is 22.4 Å². The highest BCUT2D eigenvalue weighted by atomic mass is 15.2. The van der Waals surface area contributed by atoms with Gasteiger partial charge in [-0.15, -0.1) is 0 Å². The molecule has 0 fully saturated rings. The van der Waals surface area contributed by atoms with Crippen LogP contribution < -0.4 is 11.1 Å². The standard InChI is InChI=1S/C16H15N7/c1-9-19-13-14(21-16(17)22-15(13)23(9)2)20-11-7-3-5-10-6-4-8-18-12(10)11/h3-8H,1-2H3,(H3,17,20,21,22). The van der Waals surface area contributed by atoms with Crippen molar-refractivity contribution in [3.63, 3.8) is 0 Å². The second kappa shape index (κ2) is 4.91. The van der Waals surface area contributed by atoms with Gasteiger partial charge in [0.05, 0.1) is 11.2 Å². The SMILES string of the molecule is Cc1nc2c(Nc3cccc4cccnc34)nc(N)nc2n1C. The van der Waals surface area contributed by atoms with E-state index in [1.54, 1.807) is 6.20 Å². The van der Waals surface area contributed by atoms with Crippen LogP contribution >= 0.6 is 0 Å². The van der Waals surface area contributed by atoms with Crippen LogP contribution in [-0.4, -0.2) is 24.5 Å². The van der Waals surface area contributed by atoms with E-state index in [9.17, 15) is 0 Å². The fraction of sp³-hybridized carbons (Fsp3) is 0.125.